The zero-order valence-electron chi connectivity index (χ0n) is 11.1. The van der Waals surface area contributed by atoms with Crippen LogP contribution in [0.5, 0.6) is 0 Å². The molecule has 0 bridgehead atoms. The highest BCUT2D eigenvalue weighted by atomic mass is 19.1. The number of carboxylic acids is 1. The number of pyridine rings is 1. The normalized spacial score (nSPS) is 24.9. The van der Waals surface area contributed by atoms with Crippen molar-refractivity contribution in [1.82, 2.24) is 20.0 Å². The first-order chi connectivity index (χ1) is 10.1. The van der Waals surface area contributed by atoms with E-state index < -0.39 is 17.7 Å². The second-order valence-corrected chi connectivity index (χ2v) is 5.04. The fourth-order valence-corrected chi connectivity index (χ4v) is 2.73. The number of halogens is 1. The van der Waals surface area contributed by atoms with Crippen LogP contribution in [-0.2, 0) is 4.79 Å². The van der Waals surface area contributed by atoms with Crippen LogP contribution in [0.4, 0.5) is 10.2 Å². The first-order valence-corrected chi connectivity index (χ1v) is 6.61. The largest absolute Gasteiger partial charge is 0.481 e. The maximum Gasteiger partial charge on any atom is 0.306 e. The van der Waals surface area contributed by atoms with E-state index in [-0.39, 0.29) is 17.9 Å². The topological polar surface area (TPSA) is 92.9 Å². The van der Waals surface area contributed by atoms with Crippen LogP contribution in [0.1, 0.15) is 18.9 Å². The third-order valence-electron chi connectivity index (χ3n) is 3.74. The average molecular weight is 291 g/mol. The van der Waals surface area contributed by atoms with E-state index in [1.807, 2.05) is 0 Å². The molecule has 3 atom stereocenters. The van der Waals surface area contributed by atoms with Gasteiger partial charge < -0.3 is 10.4 Å². The summed E-state index contributed by atoms with van der Waals surface area (Å²) in [5.74, 6) is -1.69. The maximum absolute atomic E-state index is 13.7. The molecule has 0 radical (unpaired) electrons. The SMILES string of the molecule is O=C(O)C1C[C@@H](Nc2ncccc2F)[C@@H](n2ccnn2)C1. The Morgan fingerprint density at radius 3 is 2.95 bits per heavy atom. The van der Waals surface area contributed by atoms with Gasteiger partial charge in [-0.3, -0.25) is 4.79 Å². The van der Waals surface area contributed by atoms with Crippen molar-refractivity contribution in [3.8, 4) is 0 Å². The van der Waals surface area contributed by atoms with Crippen molar-refractivity contribution in [3.05, 3.63) is 36.5 Å². The summed E-state index contributed by atoms with van der Waals surface area (Å²) >= 11 is 0. The molecule has 0 amide bonds. The molecule has 7 nitrogen and oxygen atoms in total. The lowest BCUT2D eigenvalue weighted by atomic mass is 10.1. The molecule has 2 aromatic heterocycles. The van der Waals surface area contributed by atoms with E-state index in [1.165, 1.54) is 24.5 Å². The molecule has 2 heterocycles. The molecule has 2 N–H and O–H groups in total. The Morgan fingerprint density at radius 2 is 2.29 bits per heavy atom. The zero-order chi connectivity index (χ0) is 14.8. The number of aromatic nitrogens is 4. The van der Waals surface area contributed by atoms with Crippen molar-refractivity contribution < 1.29 is 14.3 Å². The van der Waals surface area contributed by atoms with Gasteiger partial charge in [0.2, 0.25) is 0 Å². The van der Waals surface area contributed by atoms with Gasteiger partial charge in [0.25, 0.3) is 0 Å². The Labute approximate surface area is 119 Å². The number of carboxylic acid groups (broad SMARTS) is 1. The molecule has 1 saturated carbocycles. The summed E-state index contributed by atoms with van der Waals surface area (Å²) in [4.78, 5) is 15.2. The molecular weight excluding hydrogens is 277 g/mol. The number of nitrogens with one attached hydrogen (secondary N) is 1. The summed E-state index contributed by atoms with van der Waals surface area (Å²) in [6, 6.07) is 2.35. The van der Waals surface area contributed by atoms with E-state index in [2.05, 4.69) is 20.6 Å². The Kier molecular flexibility index (Phi) is 3.51. The van der Waals surface area contributed by atoms with Crippen LogP contribution in [-0.4, -0.2) is 37.1 Å². The summed E-state index contributed by atoms with van der Waals surface area (Å²) in [5, 5.41) is 19.9. The van der Waals surface area contributed by atoms with E-state index >= 15 is 0 Å². The van der Waals surface area contributed by atoms with Crippen molar-refractivity contribution in [2.24, 2.45) is 5.92 Å². The van der Waals surface area contributed by atoms with Gasteiger partial charge in [-0.1, -0.05) is 5.21 Å². The molecule has 1 unspecified atom stereocenters. The third-order valence-corrected chi connectivity index (χ3v) is 3.74. The molecule has 1 aliphatic rings. The first-order valence-electron chi connectivity index (χ1n) is 6.61. The van der Waals surface area contributed by atoms with Crippen LogP contribution in [0.25, 0.3) is 0 Å². The van der Waals surface area contributed by atoms with Crippen molar-refractivity contribution >= 4 is 11.8 Å². The van der Waals surface area contributed by atoms with Gasteiger partial charge in [0, 0.05) is 12.4 Å². The summed E-state index contributed by atoms with van der Waals surface area (Å²) in [7, 11) is 0. The fraction of sp³-hybridized carbons (Fsp3) is 0.385. The number of rotatable bonds is 4. The first kappa shape index (κ1) is 13.5. The van der Waals surface area contributed by atoms with Crippen molar-refractivity contribution in [2.75, 3.05) is 5.32 Å². The number of anilines is 1. The fourth-order valence-electron chi connectivity index (χ4n) is 2.73. The molecule has 21 heavy (non-hydrogen) atoms. The quantitative estimate of drug-likeness (QED) is 0.882. The van der Waals surface area contributed by atoms with Crippen molar-refractivity contribution in [2.45, 2.75) is 24.9 Å². The van der Waals surface area contributed by atoms with Gasteiger partial charge in [0.15, 0.2) is 11.6 Å². The lowest BCUT2D eigenvalue weighted by molar-refractivity contribution is -0.141. The van der Waals surface area contributed by atoms with Crippen LogP contribution in [0.15, 0.2) is 30.7 Å². The second-order valence-electron chi connectivity index (χ2n) is 5.04. The van der Waals surface area contributed by atoms with Gasteiger partial charge in [-0.25, -0.2) is 14.1 Å². The Morgan fingerprint density at radius 1 is 1.43 bits per heavy atom. The number of nitrogens with zero attached hydrogens (tertiary/aromatic N) is 4. The van der Waals surface area contributed by atoms with Crippen molar-refractivity contribution in [3.63, 3.8) is 0 Å². The molecule has 0 spiro atoms. The molecular formula is C13H14FN5O2. The predicted molar refractivity (Wildman–Crippen MR) is 71.0 cm³/mol. The minimum Gasteiger partial charge on any atom is -0.481 e. The summed E-state index contributed by atoms with van der Waals surface area (Å²) in [6.45, 7) is 0. The Bertz CT molecular complexity index is 633. The summed E-state index contributed by atoms with van der Waals surface area (Å²) in [6.07, 6.45) is 5.51. The van der Waals surface area contributed by atoms with Crippen LogP contribution < -0.4 is 5.32 Å². The highest BCUT2D eigenvalue weighted by Gasteiger charge is 2.39. The minimum absolute atomic E-state index is 0.124. The molecule has 0 aromatic carbocycles. The number of carbonyl (C=O) groups is 1. The average Bonchev–Trinajstić information content (AvgIpc) is 3.10. The lowest BCUT2D eigenvalue weighted by Gasteiger charge is -2.21. The smallest absolute Gasteiger partial charge is 0.306 e. The Hall–Kier alpha value is -2.51. The van der Waals surface area contributed by atoms with Crippen LogP contribution in [0.3, 0.4) is 0 Å². The maximum atomic E-state index is 13.7. The Balaban J connectivity index is 1.84. The molecule has 2 aromatic rings. The van der Waals surface area contributed by atoms with Gasteiger partial charge in [-0.2, -0.15) is 0 Å². The van der Waals surface area contributed by atoms with Crippen molar-refractivity contribution in [1.29, 1.82) is 0 Å². The zero-order valence-corrected chi connectivity index (χ0v) is 11.1. The van der Waals surface area contributed by atoms with E-state index in [9.17, 15) is 14.3 Å². The predicted octanol–water partition coefficient (Wildman–Crippen LogP) is 1.33. The summed E-state index contributed by atoms with van der Waals surface area (Å²) in [5.41, 5.74) is 0. The molecule has 0 saturated heterocycles. The van der Waals surface area contributed by atoms with Gasteiger partial charge in [0.1, 0.15) is 0 Å². The number of hydrogen-bond donors (Lipinski definition) is 2. The number of hydrogen-bond acceptors (Lipinski definition) is 5. The third kappa shape index (κ3) is 2.69. The van der Waals surface area contributed by atoms with Crippen LogP contribution in [0.2, 0.25) is 0 Å². The van der Waals surface area contributed by atoms with Crippen LogP contribution in [0, 0.1) is 11.7 Å². The van der Waals surface area contributed by atoms with E-state index in [1.54, 1.807) is 10.9 Å². The minimum atomic E-state index is -0.856. The standard InChI is InChI=1S/C13H14FN5O2/c14-9-2-1-3-15-12(9)17-10-6-8(13(20)21)7-11(10)19-5-4-16-18-19/h1-5,8,10-11H,6-7H2,(H,15,17)(H,20,21)/t8?,10-,11+/m1/s1. The second kappa shape index (κ2) is 5.47. The highest BCUT2D eigenvalue weighted by molar-refractivity contribution is 5.70. The molecule has 1 aliphatic carbocycles. The molecule has 8 heteroatoms. The van der Waals surface area contributed by atoms with E-state index in [4.69, 9.17) is 0 Å². The number of aliphatic carboxylic acids is 1. The molecule has 3 rings (SSSR count). The van der Waals surface area contributed by atoms with Crippen LogP contribution >= 0.6 is 0 Å². The summed E-state index contributed by atoms with van der Waals surface area (Å²) < 4.78 is 15.3. The monoisotopic (exact) mass is 291 g/mol. The lowest BCUT2D eigenvalue weighted by Crippen LogP contribution is -2.28. The van der Waals surface area contributed by atoms with Gasteiger partial charge in [-0.05, 0) is 25.0 Å². The van der Waals surface area contributed by atoms with E-state index in [0.29, 0.717) is 12.8 Å². The van der Waals surface area contributed by atoms with Gasteiger partial charge in [0.05, 0.1) is 24.2 Å². The van der Waals surface area contributed by atoms with Gasteiger partial charge in [-0.15, -0.1) is 5.10 Å². The molecule has 1 fully saturated rings. The highest BCUT2D eigenvalue weighted by Crippen LogP contribution is 2.36. The van der Waals surface area contributed by atoms with Gasteiger partial charge >= 0.3 is 5.97 Å². The van der Waals surface area contributed by atoms with E-state index in [0.717, 1.165) is 0 Å². The molecule has 110 valence electrons. The molecule has 0 aliphatic heterocycles.